The highest BCUT2D eigenvalue weighted by molar-refractivity contribution is 6.08. The summed E-state index contributed by atoms with van der Waals surface area (Å²) in [7, 11) is 14.7. The van der Waals surface area contributed by atoms with Gasteiger partial charge in [0.15, 0.2) is 0 Å². The van der Waals surface area contributed by atoms with Gasteiger partial charge >= 0.3 is 0 Å². The molecule has 1 saturated carbocycles. The van der Waals surface area contributed by atoms with E-state index in [1.165, 1.54) is 0 Å². The summed E-state index contributed by atoms with van der Waals surface area (Å²) < 4.78 is 6.44. The van der Waals surface area contributed by atoms with Crippen LogP contribution in [0.1, 0.15) is 61.2 Å². The van der Waals surface area contributed by atoms with Gasteiger partial charge in [0, 0.05) is 66.1 Å². The molecule has 4 aromatic heterocycles. The maximum atomic E-state index is 13.2. The summed E-state index contributed by atoms with van der Waals surface area (Å²) in [6, 6.07) is 6.29. The molecule has 0 aliphatic heterocycles. The molecule has 6 amide bonds. The Kier molecular flexibility index (Phi) is 13.4. The van der Waals surface area contributed by atoms with Crippen molar-refractivity contribution in [1.29, 1.82) is 0 Å². The largest absolute Gasteiger partial charge is 0.351 e. The maximum Gasteiger partial charge on any atom is 0.272 e. The number of hydrogen-bond acceptors (Lipinski definition) is 8. The van der Waals surface area contributed by atoms with Crippen LogP contribution in [-0.4, -0.2) is 118 Å². The molecule has 0 spiro atoms. The molecule has 18 nitrogen and oxygen atoms in total. The predicted octanol–water partition coefficient (Wildman–Crippen LogP) is 2.12. The average molecular weight is 787 g/mol. The van der Waals surface area contributed by atoms with Crippen molar-refractivity contribution >= 4 is 58.2 Å². The van der Waals surface area contributed by atoms with Crippen LogP contribution < -0.4 is 31.9 Å². The third kappa shape index (κ3) is 11.0. The summed E-state index contributed by atoms with van der Waals surface area (Å²) in [5.74, 6) is -3.17. The minimum atomic E-state index is -0.566. The first-order valence-corrected chi connectivity index (χ1v) is 18.8. The Balaban J connectivity index is 1.09. The van der Waals surface area contributed by atoms with Gasteiger partial charge in [-0.25, -0.2) is 0 Å². The number of aryl methyl sites for hydroxylation is 4. The first-order valence-electron chi connectivity index (χ1n) is 18.8. The summed E-state index contributed by atoms with van der Waals surface area (Å²) in [5, 5.41) is 17.0. The van der Waals surface area contributed by atoms with E-state index in [2.05, 4.69) is 31.9 Å². The average Bonchev–Trinajstić information content (AvgIpc) is 3.28. The number of hydrogen-bond donors (Lipinski definition) is 6. The first-order chi connectivity index (χ1) is 27.0. The Morgan fingerprint density at radius 3 is 1.12 bits per heavy atom. The van der Waals surface area contributed by atoms with Gasteiger partial charge < -0.3 is 60.0 Å². The zero-order valence-electron chi connectivity index (χ0n) is 33.9. The lowest BCUT2D eigenvalue weighted by molar-refractivity contribution is -0.122. The van der Waals surface area contributed by atoms with Gasteiger partial charge in [-0.15, -0.1) is 0 Å². The second-order valence-corrected chi connectivity index (χ2v) is 15.1. The predicted molar refractivity (Wildman–Crippen MR) is 217 cm³/mol. The fourth-order valence-corrected chi connectivity index (χ4v) is 6.44. The van der Waals surface area contributed by atoms with Gasteiger partial charge in [0.2, 0.25) is 11.8 Å². The van der Waals surface area contributed by atoms with Crippen LogP contribution >= 0.6 is 0 Å². The first kappa shape index (κ1) is 42.0. The minimum Gasteiger partial charge on any atom is -0.351 e. The van der Waals surface area contributed by atoms with Crippen molar-refractivity contribution in [3.63, 3.8) is 0 Å². The molecule has 0 saturated heterocycles. The van der Waals surface area contributed by atoms with Crippen LogP contribution in [0.5, 0.6) is 0 Å². The van der Waals surface area contributed by atoms with E-state index < -0.39 is 23.7 Å². The van der Waals surface area contributed by atoms with Gasteiger partial charge in [-0.05, 0) is 84.8 Å². The summed E-state index contributed by atoms with van der Waals surface area (Å²) in [6.45, 7) is 2.76. The molecule has 2 atom stereocenters. The zero-order valence-corrected chi connectivity index (χ0v) is 33.9. The molecule has 18 heteroatoms. The highest BCUT2D eigenvalue weighted by Gasteiger charge is 2.48. The van der Waals surface area contributed by atoms with Gasteiger partial charge in [0.1, 0.15) is 22.8 Å². The number of anilines is 4. The Hall–Kier alpha value is -6.14. The van der Waals surface area contributed by atoms with Crippen LogP contribution in [0.4, 0.5) is 22.7 Å². The van der Waals surface area contributed by atoms with E-state index in [-0.39, 0.29) is 35.0 Å². The van der Waals surface area contributed by atoms with E-state index in [0.29, 0.717) is 53.6 Å². The number of rotatable bonds is 18. The van der Waals surface area contributed by atoms with Gasteiger partial charge in [-0.2, -0.15) is 0 Å². The van der Waals surface area contributed by atoms with Crippen molar-refractivity contribution < 1.29 is 28.8 Å². The third-order valence-electron chi connectivity index (χ3n) is 9.60. The van der Waals surface area contributed by atoms with Crippen LogP contribution in [0.15, 0.2) is 49.1 Å². The van der Waals surface area contributed by atoms with Crippen molar-refractivity contribution in [2.24, 2.45) is 40.0 Å². The van der Waals surface area contributed by atoms with Crippen LogP contribution in [0.2, 0.25) is 0 Å². The number of carbonyl (C=O) groups excluding carboxylic acids is 6. The molecular formula is C39H54N12O6. The van der Waals surface area contributed by atoms with Crippen LogP contribution in [0, 0.1) is 11.8 Å². The van der Waals surface area contributed by atoms with E-state index in [4.69, 9.17) is 0 Å². The van der Waals surface area contributed by atoms with Gasteiger partial charge in [-0.3, -0.25) is 28.8 Å². The molecule has 4 aromatic rings. The smallest absolute Gasteiger partial charge is 0.272 e. The van der Waals surface area contributed by atoms with Crippen LogP contribution in [0.25, 0.3) is 0 Å². The van der Waals surface area contributed by atoms with E-state index >= 15 is 0 Å². The summed E-state index contributed by atoms with van der Waals surface area (Å²) in [6.07, 6.45) is 8.48. The minimum absolute atomic E-state index is 0.239. The molecule has 306 valence electrons. The van der Waals surface area contributed by atoms with E-state index in [1.54, 1.807) is 95.5 Å². The lowest BCUT2D eigenvalue weighted by Crippen LogP contribution is -2.28. The van der Waals surface area contributed by atoms with Gasteiger partial charge in [0.25, 0.3) is 23.6 Å². The number of aromatic nitrogens is 4. The van der Waals surface area contributed by atoms with E-state index in [1.807, 2.05) is 38.0 Å². The highest BCUT2D eigenvalue weighted by atomic mass is 16.2. The molecule has 1 aliphatic carbocycles. The topological polar surface area (TPSA) is 201 Å². The van der Waals surface area contributed by atoms with Crippen molar-refractivity contribution in [3.05, 3.63) is 71.8 Å². The summed E-state index contributed by atoms with van der Waals surface area (Å²) in [4.78, 5) is 81.9. The second kappa shape index (κ2) is 18.2. The SMILES string of the molecule is CN(C)CCCNC(=O)c1cc(NC(=O)c2cc(NC(=O)[C@H]3C[C@@H]3C(=O)Nc3cc(C(=O)Nc4cc(C(=O)NCCCN(C)C)n(C)c4)n(C)c3)cn2C)cn1C. The fourth-order valence-electron chi connectivity index (χ4n) is 6.44. The molecule has 57 heavy (non-hydrogen) atoms. The molecule has 1 fully saturated rings. The molecule has 0 radical (unpaired) electrons. The van der Waals surface area contributed by atoms with E-state index in [0.717, 1.165) is 25.9 Å². The third-order valence-corrected chi connectivity index (χ3v) is 9.60. The van der Waals surface area contributed by atoms with Crippen molar-refractivity contribution in [2.75, 3.05) is 75.6 Å². The molecule has 0 unspecified atom stereocenters. The van der Waals surface area contributed by atoms with Crippen molar-refractivity contribution in [2.45, 2.75) is 19.3 Å². The quantitative estimate of drug-likeness (QED) is 0.0824. The summed E-state index contributed by atoms with van der Waals surface area (Å²) in [5.41, 5.74) is 3.06. The number of nitrogens with one attached hydrogen (secondary N) is 6. The Labute approximate surface area is 331 Å². The normalized spacial score (nSPS) is 14.7. The zero-order chi connectivity index (χ0) is 41.6. The molecule has 6 N–H and O–H groups in total. The number of carbonyl (C=O) groups is 6. The number of amides is 6. The standard InChI is InChI=1S/C39H54N12O6/c1-46(2)13-9-11-40-36(54)30-15-26(22-48(30)5)44-38(56)32-17-24(20-50(32)7)42-34(52)28-19-29(28)35(53)43-25-18-33(51(8)21-25)39(57)45-27-16-31(49(6)23-27)37(55)41-12-10-14-47(3)4/h15-18,20-23,28-29H,9-14,19H2,1-8H3,(H,40,54)(H,41,55)(H,42,52)(H,43,53)(H,44,56)(H,45,57)/t28-,29-/m0/s1. The Bertz CT molecular complexity index is 1990. The maximum absolute atomic E-state index is 13.2. The molecule has 0 bridgehead atoms. The van der Waals surface area contributed by atoms with Crippen molar-refractivity contribution in [3.8, 4) is 0 Å². The van der Waals surface area contributed by atoms with Crippen LogP contribution in [0.3, 0.4) is 0 Å². The van der Waals surface area contributed by atoms with Crippen molar-refractivity contribution in [1.82, 2.24) is 38.7 Å². The Morgan fingerprint density at radius 1 is 0.509 bits per heavy atom. The Morgan fingerprint density at radius 2 is 0.807 bits per heavy atom. The molecule has 1 aliphatic rings. The molecular weight excluding hydrogens is 733 g/mol. The fraction of sp³-hybridized carbons (Fsp3) is 0.436. The van der Waals surface area contributed by atoms with Crippen LogP contribution in [-0.2, 0) is 37.8 Å². The lowest BCUT2D eigenvalue weighted by Gasteiger charge is -2.10. The molecule has 5 rings (SSSR count). The van der Waals surface area contributed by atoms with E-state index in [9.17, 15) is 28.8 Å². The lowest BCUT2D eigenvalue weighted by atomic mass is 10.2. The number of nitrogens with zero attached hydrogens (tertiary/aromatic N) is 6. The molecule has 4 heterocycles. The monoisotopic (exact) mass is 786 g/mol. The highest BCUT2D eigenvalue weighted by Crippen LogP contribution is 2.40. The summed E-state index contributed by atoms with van der Waals surface area (Å²) >= 11 is 0. The molecule has 0 aromatic carbocycles. The second-order valence-electron chi connectivity index (χ2n) is 15.1. The van der Waals surface area contributed by atoms with Gasteiger partial charge in [-0.1, -0.05) is 0 Å². The van der Waals surface area contributed by atoms with Gasteiger partial charge in [0.05, 0.1) is 34.6 Å².